The molecule has 164 valence electrons. The standard InChI is InChI=1S/C21H20F3N3O2S2/c1-2-25-16(28)11-30-20-26-18-17(12-7-3-6-10-15(12)31-18)19(29)27(20)14-9-5-4-8-13(14)21(22,23)24/h4-5,8-9H,2-3,6-7,10-11H2,1H3,(H,25,28). The molecule has 0 spiro atoms. The van der Waals surface area contributed by atoms with Crippen molar-refractivity contribution < 1.29 is 18.0 Å². The van der Waals surface area contributed by atoms with Crippen molar-refractivity contribution in [3.8, 4) is 5.69 Å². The number of carbonyl (C=O) groups is 1. The first-order valence-corrected chi connectivity index (χ1v) is 11.7. The van der Waals surface area contributed by atoms with E-state index in [1.807, 2.05) is 0 Å². The van der Waals surface area contributed by atoms with Gasteiger partial charge in [-0.3, -0.25) is 14.2 Å². The molecule has 4 rings (SSSR count). The number of hydrogen-bond acceptors (Lipinski definition) is 5. The Hall–Kier alpha value is -2.33. The molecule has 0 fully saturated rings. The number of amides is 1. The van der Waals surface area contributed by atoms with E-state index in [-0.39, 0.29) is 22.5 Å². The van der Waals surface area contributed by atoms with E-state index in [9.17, 15) is 22.8 Å². The lowest BCUT2D eigenvalue weighted by Gasteiger charge is -2.17. The number of aryl methyl sites for hydroxylation is 2. The SMILES string of the molecule is CCNC(=O)CSc1nc2sc3c(c2c(=O)n1-c1ccccc1C(F)(F)F)CCCC3. The highest BCUT2D eigenvalue weighted by Gasteiger charge is 2.35. The summed E-state index contributed by atoms with van der Waals surface area (Å²) in [6, 6.07) is 4.97. The van der Waals surface area contributed by atoms with Crippen LogP contribution in [0.1, 0.15) is 35.8 Å². The molecule has 2 aromatic heterocycles. The van der Waals surface area contributed by atoms with Crippen molar-refractivity contribution in [2.75, 3.05) is 12.3 Å². The van der Waals surface area contributed by atoms with Crippen LogP contribution in [0.5, 0.6) is 0 Å². The molecule has 0 aliphatic heterocycles. The summed E-state index contributed by atoms with van der Waals surface area (Å²) in [6.07, 6.45) is -1.12. The fraction of sp³-hybridized carbons (Fsp3) is 0.381. The van der Waals surface area contributed by atoms with E-state index < -0.39 is 17.3 Å². The van der Waals surface area contributed by atoms with Gasteiger partial charge in [0, 0.05) is 11.4 Å². The fourth-order valence-corrected chi connectivity index (χ4v) is 5.92. The third-order valence-corrected chi connectivity index (χ3v) is 7.24. The number of halogens is 3. The predicted molar refractivity (Wildman–Crippen MR) is 116 cm³/mol. The van der Waals surface area contributed by atoms with Gasteiger partial charge < -0.3 is 5.32 Å². The highest BCUT2D eigenvalue weighted by atomic mass is 32.2. The molecular formula is C21H20F3N3O2S2. The van der Waals surface area contributed by atoms with E-state index in [0.717, 1.165) is 58.5 Å². The number of thioether (sulfide) groups is 1. The smallest absolute Gasteiger partial charge is 0.356 e. The summed E-state index contributed by atoms with van der Waals surface area (Å²) >= 11 is 2.39. The average Bonchev–Trinajstić information content (AvgIpc) is 3.10. The van der Waals surface area contributed by atoms with Crippen molar-refractivity contribution in [2.24, 2.45) is 0 Å². The summed E-state index contributed by atoms with van der Waals surface area (Å²) in [6.45, 7) is 2.21. The first-order valence-electron chi connectivity index (χ1n) is 9.94. The lowest BCUT2D eigenvalue weighted by atomic mass is 9.97. The highest BCUT2D eigenvalue weighted by Crippen LogP contribution is 2.37. The summed E-state index contributed by atoms with van der Waals surface area (Å²) in [5, 5.41) is 3.13. The summed E-state index contributed by atoms with van der Waals surface area (Å²) in [7, 11) is 0. The van der Waals surface area contributed by atoms with Crippen LogP contribution in [0.25, 0.3) is 15.9 Å². The van der Waals surface area contributed by atoms with Gasteiger partial charge in [-0.15, -0.1) is 11.3 Å². The third-order valence-electron chi connectivity index (χ3n) is 5.11. The number of thiophene rings is 1. The van der Waals surface area contributed by atoms with Crippen LogP contribution in [0.15, 0.2) is 34.2 Å². The number of rotatable bonds is 5. The third kappa shape index (κ3) is 4.23. The Morgan fingerprint density at radius 3 is 2.74 bits per heavy atom. The van der Waals surface area contributed by atoms with E-state index in [1.54, 1.807) is 6.92 Å². The number of fused-ring (bicyclic) bond motifs is 3. The molecule has 5 nitrogen and oxygen atoms in total. The lowest BCUT2D eigenvalue weighted by Crippen LogP contribution is -2.27. The van der Waals surface area contributed by atoms with Crippen LogP contribution >= 0.6 is 23.1 Å². The molecule has 1 aromatic carbocycles. The first-order chi connectivity index (χ1) is 14.8. The van der Waals surface area contributed by atoms with Crippen molar-refractivity contribution in [1.82, 2.24) is 14.9 Å². The van der Waals surface area contributed by atoms with Crippen LogP contribution in [-0.2, 0) is 23.8 Å². The summed E-state index contributed by atoms with van der Waals surface area (Å²) in [4.78, 5) is 31.7. The van der Waals surface area contributed by atoms with Gasteiger partial charge in [0.25, 0.3) is 5.56 Å². The summed E-state index contributed by atoms with van der Waals surface area (Å²) in [5.41, 5.74) is -0.799. The van der Waals surface area contributed by atoms with Crippen LogP contribution < -0.4 is 10.9 Å². The molecule has 0 radical (unpaired) electrons. The minimum absolute atomic E-state index is 0.0505. The fourth-order valence-electron chi connectivity index (χ4n) is 3.78. The van der Waals surface area contributed by atoms with Gasteiger partial charge in [-0.2, -0.15) is 13.2 Å². The molecule has 0 saturated heterocycles. The Bertz CT molecular complexity index is 1200. The molecule has 1 N–H and O–H groups in total. The second-order valence-electron chi connectivity index (χ2n) is 7.18. The molecule has 3 aromatic rings. The molecule has 2 heterocycles. The molecule has 0 atom stereocenters. The Labute approximate surface area is 184 Å². The normalized spacial score (nSPS) is 13.9. The number of nitrogens with zero attached hydrogens (tertiary/aromatic N) is 2. The van der Waals surface area contributed by atoms with Crippen molar-refractivity contribution in [3.05, 3.63) is 50.6 Å². The molecule has 1 amide bonds. The molecule has 10 heteroatoms. The zero-order valence-electron chi connectivity index (χ0n) is 16.7. The molecule has 1 aliphatic carbocycles. The monoisotopic (exact) mass is 467 g/mol. The predicted octanol–water partition coefficient (Wildman–Crippen LogP) is 4.57. The maximum atomic E-state index is 13.7. The van der Waals surface area contributed by atoms with Gasteiger partial charge in [0.2, 0.25) is 5.91 Å². The number of para-hydroxylation sites is 1. The number of hydrogen-bond donors (Lipinski definition) is 1. The Morgan fingerprint density at radius 2 is 2.00 bits per heavy atom. The van der Waals surface area contributed by atoms with Gasteiger partial charge in [0.15, 0.2) is 5.16 Å². The Morgan fingerprint density at radius 1 is 1.26 bits per heavy atom. The maximum absolute atomic E-state index is 13.7. The van der Waals surface area contributed by atoms with Gasteiger partial charge in [-0.25, -0.2) is 4.98 Å². The van der Waals surface area contributed by atoms with Gasteiger partial charge >= 0.3 is 6.18 Å². The van der Waals surface area contributed by atoms with E-state index in [0.29, 0.717) is 16.8 Å². The second kappa shape index (κ2) is 8.66. The molecule has 0 bridgehead atoms. The van der Waals surface area contributed by atoms with Crippen LogP contribution in [0, 0.1) is 0 Å². The topological polar surface area (TPSA) is 64.0 Å². The second-order valence-corrected chi connectivity index (χ2v) is 9.21. The van der Waals surface area contributed by atoms with E-state index in [1.165, 1.54) is 29.5 Å². The van der Waals surface area contributed by atoms with Crippen LogP contribution in [-0.4, -0.2) is 27.8 Å². The zero-order valence-corrected chi connectivity index (χ0v) is 18.3. The van der Waals surface area contributed by atoms with Crippen molar-refractivity contribution in [2.45, 2.75) is 43.9 Å². The van der Waals surface area contributed by atoms with E-state index in [2.05, 4.69) is 10.3 Å². The molecule has 31 heavy (non-hydrogen) atoms. The van der Waals surface area contributed by atoms with Gasteiger partial charge in [-0.1, -0.05) is 23.9 Å². The molecule has 0 unspecified atom stereocenters. The minimum atomic E-state index is -4.64. The number of aromatic nitrogens is 2. The van der Waals surface area contributed by atoms with E-state index in [4.69, 9.17) is 0 Å². The van der Waals surface area contributed by atoms with Gasteiger partial charge in [-0.05, 0) is 50.3 Å². The number of benzene rings is 1. The van der Waals surface area contributed by atoms with Crippen LogP contribution in [0.4, 0.5) is 13.2 Å². The summed E-state index contributed by atoms with van der Waals surface area (Å²) < 4.78 is 42.2. The lowest BCUT2D eigenvalue weighted by molar-refractivity contribution is -0.137. The average molecular weight is 468 g/mol. The van der Waals surface area contributed by atoms with Crippen molar-refractivity contribution in [3.63, 3.8) is 0 Å². The summed E-state index contributed by atoms with van der Waals surface area (Å²) in [5.74, 6) is -0.326. The first kappa shape index (κ1) is 21.9. The molecular weight excluding hydrogens is 447 g/mol. The molecule has 0 saturated carbocycles. The highest BCUT2D eigenvalue weighted by molar-refractivity contribution is 7.99. The van der Waals surface area contributed by atoms with Gasteiger partial charge in [0.1, 0.15) is 4.83 Å². The molecule has 1 aliphatic rings. The van der Waals surface area contributed by atoms with Crippen LogP contribution in [0.3, 0.4) is 0 Å². The number of carbonyl (C=O) groups excluding carboxylic acids is 1. The zero-order chi connectivity index (χ0) is 22.2. The van der Waals surface area contributed by atoms with Crippen LogP contribution in [0.2, 0.25) is 0 Å². The minimum Gasteiger partial charge on any atom is -0.356 e. The van der Waals surface area contributed by atoms with Crippen molar-refractivity contribution >= 4 is 39.2 Å². The quantitative estimate of drug-likeness (QED) is 0.441. The number of nitrogens with one attached hydrogen (secondary N) is 1. The maximum Gasteiger partial charge on any atom is 0.418 e. The van der Waals surface area contributed by atoms with Crippen molar-refractivity contribution in [1.29, 1.82) is 0 Å². The Kier molecular flexibility index (Phi) is 6.11. The number of alkyl halides is 3. The largest absolute Gasteiger partial charge is 0.418 e. The Balaban J connectivity index is 1.96. The van der Waals surface area contributed by atoms with E-state index >= 15 is 0 Å². The van der Waals surface area contributed by atoms with Gasteiger partial charge in [0.05, 0.1) is 22.4 Å².